The fourth-order valence-corrected chi connectivity index (χ4v) is 3.65. The predicted molar refractivity (Wildman–Crippen MR) is 109 cm³/mol. The second-order valence-corrected chi connectivity index (χ2v) is 7.81. The Morgan fingerprint density at radius 2 is 2.00 bits per heavy atom. The van der Waals surface area contributed by atoms with Gasteiger partial charge in [0.25, 0.3) is 0 Å². The summed E-state index contributed by atoms with van der Waals surface area (Å²) in [4.78, 5) is 4.72. The summed E-state index contributed by atoms with van der Waals surface area (Å²) in [5.74, 6) is 2.79. The van der Waals surface area contributed by atoms with Gasteiger partial charge in [-0.25, -0.2) is 4.98 Å². The van der Waals surface area contributed by atoms with Gasteiger partial charge in [0.1, 0.15) is 23.7 Å². The Morgan fingerprint density at radius 1 is 1.21 bits per heavy atom. The van der Waals surface area contributed by atoms with E-state index in [1.165, 1.54) is 5.56 Å². The molecule has 1 heterocycles. The molecule has 0 radical (unpaired) electrons. The van der Waals surface area contributed by atoms with Crippen LogP contribution in [0.2, 0.25) is 5.02 Å². The number of benzene rings is 2. The average Bonchev–Trinajstić information content (AvgIpc) is 3.11. The first-order valence-electron chi connectivity index (χ1n) is 9.48. The van der Waals surface area contributed by atoms with Crippen LogP contribution in [0, 0.1) is 11.3 Å². The molecule has 3 aromatic rings. The molecule has 0 bridgehead atoms. The van der Waals surface area contributed by atoms with Crippen LogP contribution in [0.5, 0.6) is 5.75 Å². The molecule has 1 aliphatic rings. The van der Waals surface area contributed by atoms with Crippen molar-refractivity contribution >= 4 is 11.6 Å². The number of hydrogen-bond donors (Lipinski definition) is 0. The smallest absolute Gasteiger partial charge is 0.226 e. The summed E-state index contributed by atoms with van der Waals surface area (Å²) in [5, 5.41) is 9.39. The van der Waals surface area contributed by atoms with Gasteiger partial charge in [0.05, 0.1) is 16.3 Å². The molecule has 0 aliphatic heterocycles. The number of halogens is 1. The van der Waals surface area contributed by atoms with Crippen molar-refractivity contribution in [2.24, 2.45) is 0 Å². The van der Waals surface area contributed by atoms with Gasteiger partial charge in [0.2, 0.25) is 5.89 Å². The molecular formula is C23H21ClN2O2. The van der Waals surface area contributed by atoms with E-state index in [4.69, 9.17) is 31.0 Å². The Labute approximate surface area is 169 Å². The predicted octanol–water partition coefficient (Wildman–Crippen LogP) is 5.93. The van der Waals surface area contributed by atoms with Crippen LogP contribution < -0.4 is 4.74 Å². The molecule has 0 spiro atoms. The highest BCUT2D eigenvalue weighted by atomic mass is 35.5. The number of nitrogens with zero attached hydrogens (tertiary/aromatic N) is 2. The van der Waals surface area contributed by atoms with E-state index in [0.29, 0.717) is 34.6 Å². The van der Waals surface area contributed by atoms with Gasteiger partial charge < -0.3 is 9.15 Å². The van der Waals surface area contributed by atoms with E-state index >= 15 is 0 Å². The van der Waals surface area contributed by atoms with E-state index in [0.717, 1.165) is 29.9 Å². The largest absolute Gasteiger partial charge is 0.490 e. The number of aromatic nitrogens is 1. The van der Waals surface area contributed by atoms with Crippen molar-refractivity contribution in [3.63, 3.8) is 0 Å². The minimum atomic E-state index is 0.0118. The standard InChI is InChI=1S/C23H21ClN2O2/c1-14(2)15-3-5-16(6-4-15)23-26-21-12-19(9-10-22(21)28-23)27-18-8-7-17(13-25)20(24)11-18/h3-8,11,14,19H,9-10,12H2,1-2H3/t19-/m1/s1. The van der Waals surface area contributed by atoms with Crippen LogP contribution in [0.15, 0.2) is 46.9 Å². The van der Waals surface area contributed by atoms with E-state index in [1.54, 1.807) is 18.2 Å². The summed E-state index contributed by atoms with van der Waals surface area (Å²) in [6.45, 7) is 4.36. The molecule has 4 nitrogen and oxygen atoms in total. The van der Waals surface area contributed by atoms with Crippen LogP contribution in [0.1, 0.15) is 48.8 Å². The van der Waals surface area contributed by atoms with E-state index in [2.05, 4.69) is 44.2 Å². The summed E-state index contributed by atoms with van der Waals surface area (Å²) in [5.41, 5.74) is 3.70. The monoisotopic (exact) mass is 392 g/mol. The first kappa shape index (κ1) is 18.6. The second kappa shape index (κ2) is 7.69. The van der Waals surface area contributed by atoms with Gasteiger partial charge >= 0.3 is 0 Å². The molecular weight excluding hydrogens is 372 g/mol. The summed E-state index contributed by atoms with van der Waals surface area (Å²) >= 11 is 6.10. The molecule has 0 N–H and O–H groups in total. The van der Waals surface area contributed by atoms with E-state index < -0.39 is 0 Å². The van der Waals surface area contributed by atoms with Crippen molar-refractivity contribution in [2.45, 2.75) is 45.1 Å². The maximum Gasteiger partial charge on any atom is 0.226 e. The highest BCUT2D eigenvalue weighted by Gasteiger charge is 2.26. The van der Waals surface area contributed by atoms with Crippen LogP contribution in [0.4, 0.5) is 0 Å². The lowest BCUT2D eigenvalue weighted by Crippen LogP contribution is -2.25. The Kier molecular flexibility index (Phi) is 5.11. The van der Waals surface area contributed by atoms with Crippen molar-refractivity contribution in [3.05, 3.63) is 70.1 Å². The molecule has 5 heteroatoms. The molecule has 0 saturated carbocycles. The lowest BCUT2D eigenvalue weighted by Gasteiger charge is -2.22. The zero-order chi connectivity index (χ0) is 19.7. The molecule has 1 aromatic heterocycles. The summed E-state index contributed by atoms with van der Waals surface area (Å²) in [7, 11) is 0. The molecule has 0 amide bonds. The Bertz CT molecular complexity index is 1030. The minimum Gasteiger partial charge on any atom is -0.490 e. The second-order valence-electron chi connectivity index (χ2n) is 7.40. The van der Waals surface area contributed by atoms with Gasteiger partial charge in [0, 0.05) is 24.5 Å². The number of fused-ring (bicyclic) bond motifs is 1. The first-order chi connectivity index (χ1) is 13.5. The normalized spacial score (nSPS) is 15.9. The molecule has 1 aliphatic carbocycles. The first-order valence-corrected chi connectivity index (χ1v) is 9.86. The quantitative estimate of drug-likeness (QED) is 0.552. The van der Waals surface area contributed by atoms with Crippen molar-refractivity contribution in [3.8, 4) is 23.3 Å². The molecule has 2 aromatic carbocycles. The van der Waals surface area contributed by atoms with Crippen molar-refractivity contribution in [2.75, 3.05) is 0 Å². The van der Waals surface area contributed by atoms with Crippen LogP contribution in [0.25, 0.3) is 11.5 Å². The van der Waals surface area contributed by atoms with Crippen LogP contribution in [0.3, 0.4) is 0 Å². The zero-order valence-electron chi connectivity index (χ0n) is 15.9. The van der Waals surface area contributed by atoms with E-state index in [-0.39, 0.29) is 6.10 Å². The number of rotatable bonds is 4. The Hall–Kier alpha value is -2.77. The van der Waals surface area contributed by atoms with Crippen LogP contribution in [-0.2, 0) is 12.8 Å². The van der Waals surface area contributed by atoms with Gasteiger partial charge in [-0.2, -0.15) is 5.26 Å². The fraction of sp³-hybridized carbons (Fsp3) is 0.304. The molecule has 0 fully saturated rings. The number of aryl methyl sites for hydroxylation is 1. The van der Waals surface area contributed by atoms with Crippen LogP contribution >= 0.6 is 11.6 Å². The lowest BCUT2D eigenvalue weighted by molar-refractivity contribution is 0.179. The lowest BCUT2D eigenvalue weighted by atomic mass is 9.99. The molecule has 28 heavy (non-hydrogen) atoms. The molecule has 0 unspecified atom stereocenters. The van der Waals surface area contributed by atoms with Gasteiger partial charge in [-0.15, -0.1) is 0 Å². The summed E-state index contributed by atoms with van der Waals surface area (Å²) in [6.07, 6.45) is 2.35. The molecule has 142 valence electrons. The number of nitriles is 1. The van der Waals surface area contributed by atoms with Gasteiger partial charge in [0.15, 0.2) is 0 Å². The zero-order valence-corrected chi connectivity index (χ0v) is 16.7. The maximum absolute atomic E-state index is 8.98. The molecule has 4 rings (SSSR count). The van der Waals surface area contributed by atoms with Crippen LogP contribution in [-0.4, -0.2) is 11.1 Å². The number of hydrogen-bond acceptors (Lipinski definition) is 4. The Morgan fingerprint density at radius 3 is 2.68 bits per heavy atom. The van der Waals surface area contributed by atoms with Gasteiger partial charge in [-0.3, -0.25) is 0 Å². The third-order valence-corrected chi connectivity index (χ3v) is 5.39. The number of ether oxygens (including phenoxy) is 1. The highest BCUT2D eigenvalue weighted by Crippen LogP contribution is 2.31. The molecule has 1 atom stereocenters. The number of oxazole rings is 1. The minimum absolute atomic E-state index is 0.0118. The van der Waals surface area contributed by atoms with E-state index in [1.807, 2.05) is 0 Å². The summed E-state index contributed by atoms with van der Waals surface area (Å²) < 4.78 is 12.1. The SMILES string of the molecule is CC(C)c1ccc(-c2nc3c(o2)CC[C@@H](Oc2ccc(C#N)c(Cl)c2)C3)cc1. The van der Waals surface area contributed by atoms with Crippen molar-refractivity contribution in [1.29, 1.82) is 5.26 Å². The van der Waals surface area contributed by atoms with Gasteiger partial charge in [-0.05, 0) is 42.2 Å². The highest BCUT2D eigenvalue weighted by molar-refractivity contribution is 6.31. The third kappa shape index (κ3) is 3.76. The maximum atomic E-state index is 8.98. The van der Waals surface area contributed by atoms with Crippen molar-refractivity contribution in [1.82, 2.24) is 4.98 Å². The fourth-order valence-electron chi connectivity index (χ4n) is 3.43. The topological polar surface area (TPSA) is 59.1 Å². The Balaban J connectivity index is 1.48. The third-order valence-electron chi connectivity index (χ3n) is 5.08. The summed E-state index contributed by atoms with van der Waals surface area (Å²) in [6, 6.07) is 15.6. The average molecular weight is 393 g/mol. The van der Waals surface area contributed by atoms with E-state index in [9.17, 15) is 0 Å². The van der Waals surface area contributed by atoms with Crippen molar-refractivity contribution < 1.29 is 9.15 Å². The van der Waals surface area contributed by atoms with Gasteiger partial charge in [-0.1, -0.05) is 37.6 Å². The molecule has 0 saturated heterocycles.